The summed E-state index contributed by atoms with van der Waals surface area (Å²) < 4.78 is 31.3. The van der Waals surface area contributed by atoms with Crippen LogP contribution >= 0.6 is 0 Å². The molecular weight excluding hydrogens is 536 g/mol. The van der Waals surface area contributed by atoms with Gasteiger partial charge in [-0.05, 0) is 91.8 Å². The summed E-state index contributed by atoms with van der Waals surface area (Å²) in [7, 11) is 0. The molecule has 0 unspecified atom stereocenters. The van der Waals surface area contributed by atoms with Gasteiger partial charge in [-0.2, -0.15) is 0 Å². The number of carbonyl (C=O) groups excluding carboxylic acids is 1. The summed E-state index contributed by atoms with van der Waals surface area (Å²) in [5.41, 5.74) is 2.32. The molecule has 4 aliphatic carbocycles. The highest BCUT2D eigenvalue weighted by Crippen LogP contribution is 2.70. The minimum atomic E-state index is -1.31. The molecule has 0 bridgehead atoms. The van der Waals surface area contributed by atoms with E-state index in [0.29, 0.717) is 30.3 Å². The standard InChI is InChI=1S/C34H52O8/c1-18-14-27(41-31-29(37)30(40-20(3)35)25(36)17-38-31)34(39-16-18)19(2)28-26(42-34)15-24-22-10-9-21-8-6-7-12-32(21,4)23(22)11-13-33(24,28)5/h9,18-19,22-31,36-37H,6-8,10-17H2,1-5H3/t18-,19+,22-,23+,24+,25+,26+,27+,28+,29-,30-,31+,32+,33+,34+/m1/s1. The summed E-state index contributed by atoms with van der Waals surface area (Å²) in [5.74, 6) is 1.42. The van der Waals surface area contributed by atoms with Gasteiger partial charge in [0.15, 0.2) is 18.2 Å². The summed E-state index contributed by atoms with van der Waals surface area (Å²) in [5, 5.41) is 21.4. The first-order valence-corrected chi connectivity index (χ1v) is 16.8. The summed E-state index contributed by atoms with van der Waals surface area (Å²) in [6.07, 6.45) is 8.63. The molecule has 3 aliphatic heterocycles. The zero-order valence-corrected chi connectivity index (χ0v) is 26.1. The Kier molecular flexibility index (Phi) is 7.43. The Balaban J connectivity index is 1.13. The number of hydrogen-bond acceptors (Lipinski definition) is 8. The van der Waals surface area contributed by atoms with Crippen LogP contribution in [0.4, 0.5) is 0 Å². The van der Waals surface area contributed by atoms with E-state index in [4.69, 9.17) is 23.7 Å². The zero-order chi connectivity index (χ0) is 29.6. The molecule has 3 heterocycles. The Labute approximate surface area is 250 Å². The molecule has 0 amide bonds. The van der Waals surface area contributed by atoms with Gasteiger partial charge in [-0.15, -0.1) is 0 Å². The van der Waals surface area contributed by atoms with Crippen molar-refractivity contribution >= 4 is 5.97 Å². The summed E-state index contributed by atoms with van der Waals surface area (Å²) >= 11 is 0. The second-order valence-corrected chi connectivity index (χ2v) is 15.5. The molecule has 3 saturated carbocycles. The van der Waals surface area contributed by atoms with E-state index in [9.17, 15) is 15.0 Å². The first kappa shape index (κ1) is 29.7. The predicted molar refractivity (Wildman–Crippen MR) is 154 cm³/mol. The van der Waals surface area contributed by atoms with Crippen molar-refractivity contribution in [1.29, 1.82) is 0 Å². The van der Waals surface area contributed by atoms with Crippen molar-refractivity contribution in [2.75, 3.05) is 13.2 Å². The third kappa shape index (κ3) is 4.33. The number of ether oxygens (including phenoxy) is 5. The first-order chi connectivity index (χ1) is 20.0. The smallest absolute Gasteiger partial charge is 0.303 e. The van der Waals surface area contributed by atoms with Crippen LogP contribution in [0.1, 0.15) is 92.4 Å². The van der Waals surface area contributed by atoms with Crippen LogP contribution in [-0.4, -0.2) is 72.0 Å². The van der Waals surface area contributed by atoms with Gasteiger partial charge in [-0.3, -0.25) is 4.79 Å². The Bertz CT molecular complexity index is 1090. The van der Waals surface area contributed by atoms with E-state index >= 15 is 0 Å². The fourth-order valence-electron chi connectivity index (χ4n) is 11.4. The number of hydrogen-bond donors (Lipinski definition) is 2. The summed E-state index contributed by atoms with van der Waals surface area (Å²) in [6.45, 7) is 11.3. The Morgan fingerprint density at radius 1 is 1.07 bits per heavy atom. The van der Waals surface area contributed by atoms with Crippen molar-refractivity contribution in [2.45, 2.75) is 135 Å². The fraction of sp³-hybridized carbons (Fsp3) is 0.912. The van der Waals surface area contributed by atoms with E-state index in [-0.39, 0.29) is 30.0 Å². The number of fused-ring (bicyclic) bond motifs is 7. The van der Waals surface area contributed by atoms with Crippen molar-refractivity contribution in [2.24, 2.45) is 46.3 Å². The first-order valence-electron chi connectivity index (χ1n) is 16.8. The van der Waals surface area contributed by atoms with Gasteiger partial charge < -0.3 is 33.9 Å². The van der Waals surface area contributed by atoms with Crippen LogP contribution in [0, 0.1) is 46.3 Å². The number of aliphatic hydroxyl groups excluding tert-OH is 2. The second kappa shape index (κ2) is 10.5. The molecule has 8 nitrogen and oxygen atoms in total. The molecule has 42 heavy (non-hydrogen) atoms. The van der Waals surface area contributed by atoms with Crippen molar-refractivity contribution < 1.29 is 38.7 Å². The van der Waals surface area contributed by atoms with Gasteiger partial charge in [0.25, 0.3) is 0 Å². The highest BCUT2D eigenvalue weighted by Gasteiger charge is 2.71. The molecule has 0 aromatic rings. The van der Waals surface area contributed by atoms with Gasteiger partial charge in [-0.1, -0.05) is 45.8 Å². The van der Waals surface area contributed by atoms with Gasteiger partial charge in [0.1, 0.15) is 18.3 Å². The van der Waals surface area contributed by atoms with Crippen LogP contribution in [0.15, 0.2) is 11.6 Å². The molecule has 6 fully saturated rings. The van der Waals surface area contributed by atoms with Crippen LogP contribution < -0.4 is 0 Å². The van der Waals surface area contributed by atoms with E-state index < -0.39 is 42.5 Å². The third-order valence-corrected chi connectivity index (χ3v) is 13.3. The maximum atomic E-state index is 11.7. The largest absolute Gasteiger partial charge is 0.457 e. The Hall–Kier alpha value is -1.03. The molecule has 1 spiro atoms. The molecule has 0 aromatic carbocycles. The highest BCUT2D eigenvalue weighted by atomic mass is 16.8. The zero-order valence-electron chi connectivity index (χ0n) is 26.1. The summed E-state index contributed by atoms with van der Waals surface area (Å²) in [6, 6.07) is 0. The molecule has 236 valence electrons. The predicted octanol–water partition coefficient (Wildman–Crippen LogP) is 4.75. The Morgan fingerprint density at radius 2 is 1.88 bits per heavy atom. The van der Waals surface area contributed by atoms with Crippen LogP contribution in [0.25, 0.3) is 0 Å². The minimum absolute atomic E-state index is 0.0884. The molecule has 8 heteroatoms. The quantitative estimate of drug-likeness (QED) is 0.360. The topological polar surface area (TPSA) is 104 Å². The third-order valence-electron chi connectivity index (χ3n) is 13.3. The lowest BCUT2D eigenvalue weighted by Gasteiger charge is -2.58. The lowest BCUT2D eigenvalue weighted by Crippen LogP contribution is -2.61. The van der Waals surface area contributed by atoms with Crippen LogP contribution in [0.5, 0.6) is 0 Å². The van der Waals surface area contributed by atoms with Gasteiger partial charge in [-0.25, -0.2) is 0 Å². The van der Waals surface area contributed by atoms with Crippen molar-refractivity contribution in [3.8, 4) is 0 Å². The van der Waals surface area contributed by atoms with Gasteiger partial charge in [0.2, 0.25) is 0 Å². The molecule has 0 radical (unpaired) electrons. The maximum absolute atomic E-state index is 11.7. The molecule has 15 atom stereocenters. The van der Waals surface area contributed by atoms with Crippen molar-refractivity contribution in [1.82, 2.24) is 0 Å². The number of allylic oxidation sites excluding steroid dienone is 2. The molecule has 3 saturated heterocycles. The fourth-order valence-corrected chi connectivity index (χ4v) is 11.4. The van der Waals surface area contributed by atoms with Crippen molar-refractivity contribution in [3.63, 3.8) is 0 Å². The number of aliphatic hydroxyl groups is 2. The SMILES string of the molecule is CC(=O)O[C@H]1[C@@H](O)[C@H](O[C@H]2C[C@@H](C)CO[C@@]23O[C@H]2C[C@H]4[C@@H]5CC=C6CCCC[C@]6(C)[C@H]5CC[C@]4(C)[C@H]2[C@@H]3C)OC[C@@H]1O. The molecular formula is C34H52O8. The minimum Gasteiger partial charge on any atom is -0.457 e. The second-order valence-electron chi connectivity index (χ2n) is 15.5. The average molecular weight is 589 g/mol. The summed E-state index contributed by atoms with van der Waals surface area (Å²) in [4.78, 5) is 11.7. The van der Waals surface area contributed by atoms with E-state index in [1.165, 1.54) is 51.9 Å². The van der Waals surface area contributed by atoms with E-state index in [2.05, 4.69) is 33.8 Å². The van der Waals surface area contributed by atoms with Crippen LogP contribution in [0.2, 0.25) is 0 Å². The van der Waals surface area contributed by atoms with Gasteiger partial charge in [0, 0.05) is 12.8 Å². The van der Waals surface area contributed by atoms with Gasteiger partial charge in [0.05, 0.1) is 19.3 Å². The van der Waals surface area contributed by atoms with E-state index in [0.717, 1.165) is 18.3 Å². The monoisotopic (exact) mass is 588 g/mol. The normalized spacial score (nSPS) is 55.3. The van der Waals surface area contributed by atoms with Crippen molar-refractivity contribution in [3.05, 3.63) is 11.6 Å². The highest BCUT2D eigenvalue weighted by molar-refractivity contribution is 5.66. The lowest BCUT2D eigenvalue weighted by atomic mass is 9.47. The number of carbonyl (C=O) groups is 1. The molecule has 7 rings (SSSR count). The van der Waals surface area contributed by atoms with Crippen LogP contribution in [0.3, 0.4) is 0 Å². The molecule has 7 aliphatic rings. The lowest BCUT2D eigenvalue weighted by molar-refractivity contribution is -0.366. The Morgan fingerprint density at radius 3 is 2.67 bits per heavy atom. The van der Waals surface area contributed by atoms with E-state index in [1.54, 1.807) is 5.57 Å². The molecule has 0 aromatic heterocycles. The average Bonchev–Trinajstić information content (AvgIpc) is 3.40. The van der Waals surface area contributed by atoms with Crippen LogP contribution in [-0.2, 0) is 28.5 Å². The maximum Gasteiger partial charge on any atom is 0.303 e. The number of esters is 1. The number of rotatable bonds is 3. The molecule has 2 N–H and O–H groups in total. The van der Waals surface area contributed by atoms with E-state index in [1.807, 2.05) is 0 Å². The van der Waals surface area contributed by atoms with Gasteiger partial charge >= 0.3 is 5.97 Å².